The number of nitrogens with zero attached hydrogens (tertiary/aromatic N) is 1. The van der Waals surface area contributed by atoms with E-state index in [1.807, 2.05) is 12.1 Å². The van der Waals surface area contributed by atoms with Gasteiger partial charge in [-0.05, 0) is 40.8 Å². The predicted octanol–water partition coefficient (Wildman–Crippen LogP) is 4.35. The van der Waals surface area contributed by atoms with Gasteiger partial charge in [0.2, 0.25) is 5.91 Å². The second-order valence-corrected chi connectivity index (χ2v) is 7.81. The van der Waals surface area contributed by atoms with Crippen LogP contribution < -0.4 is 10.1 Å². The molecule has 0 aliphatic carbocycles. The Bertz CT molecular complexity index is 876. The van der Waals surface area contributed by atoms with E-state index in [4.69, 9.17) is 4.74 Å². The zero-order valence-corrected chi connectivity index (χ0v) is 17.4. The van der Waals surface area contributed by atoms with Crippen LogP contribution in [0.3, 0.4) is 0 Å². The molecule has 2 aromatic carbocycles. The van der Waals surface area contributed by atoms with Crippen molar-refractivity contribution in [2.24, 2.45) is 0 Å². The first-order chi connectivity index (χ1) is 13.1. The molecule has 0 unspecified atom stereocenters. The Labute approximate surface area is 167 Å². The first kappa shape index (κ1) is 21.2. The van der Waals surface area contributed by atoms with Gasteiger partial charge in [-0.2, -0.15) is 0 Å². The minimum Gasteiger partial charge on any atom is -0.495 e. The van der Waals surface area contributed by atoms with Gasteiger partial charge in [-0.25, -0.2) is 0 Å². The summed E-state index contributed by atoms with van der Waals surface area (Å²) < 4.78 is 5.29. The lowest BCUT2D eigenvalue weighted by Gasteiger charge is -2.18. The molecule has 0 aromatic heterocycles. The van der Waals surface area contributed by atoms with Crippen molar-refractivity contribution in [2.75, 3.05) is 26.5 Å². The van der Waals surface area contributed by atoms with Crippen LogP contribution in [0.5, 0.6) is 5.75 Å². The zero-order valence-electron chi connectivity index (χ0n) is 17.4. The Kier molecular flexibility index (Phi) is 6.62. The van der Waals surface area contributed by atoms with Gasteiger partial charge in [-0.3, -0.25) is 9.59 Å². The van der Waals surface area contributed by atoms with Gasteiger partial charge in [0, 0.05) is 25.7 Å². The van der Waals surface area contributed by atoms with Crippen LogP contribution in [0.15, 0.2) is 48.5 Å². The van der Waals surface area contributed by atoms with Gasteiger partial charge in [-0.1, -0.05) is 45.0 Å². The summed E-state index contributed by atoms with van der Waals surface area (Å²) in [7, 11) is 4.88. The number of ether oxygens (including phenoxy) is 1. The van der Waals surface area contributed by atoms with Crippen LogP contribution >= 0.6 is 0 Å². The van der Waals surface area contributed by atoms with Gasteiger partial charge in [0.15, 0.2) is 0 Å². The number of rotatable bonds is 5. The van der Waals surface area contributed by atoms with Gasteiger partial charge in [0.1, 0.15) is 5.75 Å². The van der Waals surface area contributed by atoms with E-state index in [0.29, 0.717) is 17.0 Å². The number of hydrogen-bond acceptors (Lipinski definition) is 3. The smallest absolute Gasteiger partial charge is 0.253 e. The van der Waals surface area contributed by atoms with E-state index in [-0.39, 0.29) is 17.2 Å². The molecule has 2 aromatic rings. The molecule has 0 saturated carbocycles. The number of amides is 2. The summed E-state index contributed by atoms with van der Waals surface area (Å²) >= 11 is 0. The number of benzene rings is 2. The summed E-state index contributed by atoms with van der Waals surface area (Å²) in [5, 5.41) is 2.78. The van der Waals surface area contributed by atoms with Crippen LogP contribution in [-0.4, -0.2) is 37.9 Å². The number of anilines is 1. The summed E-state index contributed by atoms with van der Waals surface area (Å²) in [5.74, 6) is 0.0480. The Morgan fingerprint density at radius 2 is 1.68 bits per heavy atom. The van der Waals surface area contributed by atoms with E-state index < -0.39 is 0 Å². The number of carbonyl (C=O) groups is 2. The van der Waals surface area contributed by atoms with Gasteiger partial charge in [0.05, 0.1) is 12.8 Å². The normalized spacial score (nSPS) is 11.4. The molecule has 2 rings (SSSR count). The molecule has 1 N–H and O–H groups in total. The van der Waals surface area contributed by atoms with Crippen molar-refractivity contribution in [3.05, 3.63) is 65.2 Å². The van der Waals surface area contributed by atoms with Crippen molar-refractivity contribution in [3.63, 3.8) is 0 Å². The summed E-state index contributed by atoms with van der Waals surface area (Å²) in [4.78, 5) is 26.0. The molecular formula is C23H28N2O3. The highest BCUT2D eigenvalue weighted by Gasteiger charge is 2.14. The van der Waals surface area contributed by atoms with Crippen molar-refractivity contribution in [1.29, 1.82) is 0 Å². The van der Waals surface area contributed by atoms with Gasteiger partial charge in [0.25, 0.3) is 5.91 Å². The number of methoxy groups -OCH3 is 1. The summed E-state index contributed by atoms with van der Waals surface area (Å²) in [6.07, 6.45) is 3.22. The molecule has 0 aliphatic rings. The fourth-order valence-corrected chi connectivity index (χ4v) is 2.64. The quantitative estimate of drug-likeness (QED) is 0.785. The number of nitrogens with one attached hydrogen (secondary N) is 1. The highest BCUT2D eigenvalue weighted by atomic mass is 16.5. The van der Waals surface area contributed by atoms with E-state index >= 15 is 0 Å². The van der Waals surface area contributed by atoms with Crippen LogP contribution in [0.25, 0.3) is 6.08 Å². The van der Waals surface area contributed by atoms with E-state index in [0.717, 1.165) is 5.56 Å². The zero-order chi connectivity index (χ0) is 20.9. The molecular weight excluding hydrogens is 352 g/mol. The lowest BCUT2D eigenvalue weighted by molar-refractivity contribution is -0.111. The fraction of sp³-hybridized carbons (Fsp3) is 0.304. The fourth-order valence-electron chi connectivity index (χ4n) is 2.64. The Balaban J connectivity index is 2.14. The van der Waals surface area contributed by atoms with Crippen LogP contribution in [-0.2, 0) is 10.2 Å². The first-order valence-electron chi connectivity index (χ1n) is 9.11. The molecule has 0 bridgehead atoms. The van der Waals surface area contributed by atoms with Gasteiger partial charge < -0.3 is 15.0 Å². The molecule has 0 saturated heterocycles. The topological polar surface area (TPSA) is 58.6 Å². The average Bonchev–Trinajstić information content (AvgIpc) is 2.65. The number of hydrogen-bond donors (Lipinski definition) is 1. The minimum absolute atomic E-state index is 0.0885. The number of carbonyl (C=O) groups excluding carboxylic acids is 2. The van der Waals surface area contributed by atoms with Crippen LogP contribution in [0.2, 0.25) is 0 Å². The van der Waals surface area contributed by atoms with Crippen LogP contribution in [0.4, 0.5) is 5.69 Å². The van der Waals surface area contributed by atoms with Crippen molar-refractivity contribution in [1.82, 2.24) is 4.90 Å². The Morgan fingerprint density at radius 1 is 1.04 bits per heavy atom. The Morgan fingerprint density at radius 3 is 2.21 bits per heavy atom. The van der Waals surface area contributed by atoms with Crippen molar-refractivity contribution < 1.29 is 14.3 Å². The van der Waals surface area contributed by atoms with E-state index in [1.54, 1.807) is 38.4 Å². The molecule has 148 valence electrons. The third-order valence-corrected chi connectivity index (χ3v) is 4.31. The summed E-state index contributed by atoms with van der Waals surface area (Å²) in [6.45, 7) is 6.48. The summed E-state index contributed by atoms with van der Waals surface area (Å²) in [6, 6.07) is 13.1. The maximum absolute atomic E-state index is 12.3. The van der Waals surface area contributed by atoms with Crippen molar-refractivity contribution in [3.8, 4) is 5.75 Å². The van der Waals surface area contributed by atoms with Gasteiger partial charge in [-0.15, -0.1) is 0 Å². The lowest BCUT2D eigenvalue weighted by atomic mass is 9.87. The van der Waals surface area contributed by atoms with Crippen LogP contribution in [0.1, 0.15) is 42.3 Å². The van der Waals surface area contributed by atoms with Crippen LogP contribution in [0, 0.1) is 0 Å². The molecule has 5 heteroatoms. The van der Waals surface area contributed by atoms with Crippen molar-refractivity contribution >= 4 is 23.6 Å². The van der Waals surface area contributed by atoms with Gasteiger partial charge >= 0.3 is 0 Å². The first-order valence-corrected chi connectivity index (χ1v) is 9.11. The predicted molar refractivity (Wildman–Crippen MR) is 114 cm³/mol. The van der Waals surface area contributed by atoms with Crippen molar-refractivity contribution in [2.45, 2.75) is 26.2 Å². The third kappa shape index (κ3) is 5.46. The molecule has 0 spiro atoms. The second kappa shape index (κ2) is 8.74. The largest absolute Gasteiger partial charge is 0.495 e. The maximum Gasteiger partial charge on any atom is 0.253 e. The monoisotopic (exact) mass is 380 g/mol. The molecule has 5 nitrogen and oxygen atoms in total. The van der Waals surface area contributed by atoms with E-state index in [9.17, 15) is 9.59 Å². The average molecular weight is 380 g/mol. The molecule has 0 heterocycles. The van der Waals surface area contributed by atoms with E-state index in [1.165, 1.54) is 23.6 Å². The highest BCUT2D eigenvalue weighted by molar-refractivity contribution is 6.04. The SMILES string of the molecule is COc1ccc(C(=O)N(C)C)cc1NC(=O)C=Cc1ccc(C(C)(C)C)cc1. The third-order valence-electron chi connectivity index (χ3n) is 4.31. The second-order valence-electron chi connectivity index (χ2n) is 7.81. The lowest BCUT2D eigenvalue weighted by Crippen LogP contribution is -2.22. The molecule has 0 fully saturated rings. The maximum atomic E-state index is 12.3. The minimum atomic E-state index is -0.298. The Hall–Kier alpha value is -3.08. The molecule has 0 atom stereocenters. The molecule has 0 aliphatic heterocycles. The highest BCUT2D eigenvalue weighted by Crippen LogP contribution is 2.26. The summed E-state index contributed by atoms with van der Waals surface area (Å²) in [5.41, 5.74) is 3.19. The molecule has 2 amide bonds. The van der Waals surface area contributed by atoms with E-state index in [2.05, 4.69) is 38.2 Å². The molecule has 28 heavy (non-hydrogen) atoms. The standard InChI is InChI=1S/C23H28N2O3/c1-23(2,3)18-11-7-16(8-12-18)9-14-21(26)24-19-15-17(22(27)25(4)5)10-13-20(19)28-6/h7-15H,1-6H3,(H,24,26). The molecule has 0 radical (unpaired) electrons.